The second-order valence-electron chi connectivity index (χ2n) is 4.83. The van der Waals surface area contributed by atoms with Crippen LogP contribution in [0, 0.1) is 11.8 Å². The molecule has 16 heavy (non-hydrogen) atoms. The zero-order valence-corrected chi connectivity index (χ0v) is 11.2. The molecule has 0 aromatic carbocycles. The first-order valence-electron chi connectivity index (χ1n) is 6.16. The van der Waals surface area contributed by atoms with Crippen LogP contribution in [-0.4, -0.2) is 18.5 Å². The van der Waals surface area contributed by atoms with E-state index in [0.717, 1.165) is 12.5 Å². The molecule has 3 nitrogen and oxygen atoms in total. The van der Waals surface area contributed by atoms with E-state index in [2.05, 4.69) is 12.2 Å². The van der Waals surface area contributed by atoms with Gasteiger partial charge in [0.15, 0.2) is 0 Å². The van der Waals surface area contributed by atoms with Crippen LogP contribution in [0.1, 0.15) is 46.0 Å². The van der Waals surface area contributed by atoms with Crippen LogP contribution in [0.3, 0.4) is 0 Å². The van der Waals surface area contributed by atoms with Crippen LogP contribution in [0.5, 0.6) is 0 Å². The van der Waals surface area contributed by atoms with E-state index < -0.39 is 0 Å². The molecule has 1 amide bonds. The molecule has 1 fully saturated rings. The van der Waals surface area contributed by atoms with E-state index in [9.17, 15) is 4.79 Å². The normalized spacial score (nSPS) is 26.7. The van der Waals surface area contributed by atoms with Crippen molar-refractivity contribution in [3.63, 3.8) is 0 Å². The highest BCUT2D eigenvalue weighted by Crippen LogP contribution is 2.29. The van der Waals surface area contributed by atoms with Crippen LogP contribution in [0.2, 0.25) is 0 Å². The predicted octanol–water partition coefficient (Wildman–Crippen LogP) is 2.09. The lowest BCUT2D eigenvalue weighted by Crippen LogP contribution is -2.41. The highest BCUT2D eigenvalue weighted by atomic mass is 35.5. The lowest BCUT2D eigenvalue weighted by Gasteiger charge is -2.28. The molecule has 0 radical (unpaired) electrons. The van der Waals surface area contributed by atoms with Gasteiger partial charge in [-0.3, -0.25) is 4.79 Å². The number of halogens is 1. The molecule has 0 aromatic rings. The van der Waals surface area contributed by atoms with E-state index >= 15 is 0 Å². The number of nitrogens with one attached hydrogen (secondary N) is 1. The molecular weight excluding hydrogens is 224 g/mol. The number of amides is 1. The average Bonchev–Trinajstić information content (AvgIpc) is 2.26. The van der Waals surface area contributed by atoms with Crippen LogP contribution in [0.15, 0.2) is 0 Å². The number of hydrogen-bond donors (Lipinski definition) is 2. The fraction of sp³-hybridized carbons (Fsp3) is 0.917. The van der Waals surface area contributed by atoms with E-state index in [1.54, 1.807) is 6.92 Å². The predicted molar refractivity (Wildman–Crippen MR) is 69.6 cm³/mol. The second-order valence-corrected chi connectivity index (χ2v) is 4.83. The molecule has 0 aromatic heterocycles. The van der Waals surface area contributed by atoms with Crippen molar-refractivity contribution in [3.8, 4) is 0 Å². The molecule has 1 aliphatic carbocycles. The Morgan fingerprint density at radius 2 is 1.81 bits per heavy atom. The van der Waals surface area contributed by atoms with Crippen molar-refractivity contribution >= 4 is 18.3 Å². The first kappa shape index (κ1) is 15.7. The van der Waals surface area contributed by atoms with Crippen LogP contribution in [-0.2, 0) is 4.79 Å². The van der Waals surface area contributed by atoms with Gasteiger partial charge in [-0.15, -0.1) is 12.4 Å². The Bertz CT molecular complexity index is 201. The Kier molecular flexibility index (Phi) is 7.77. The van der Waals surface area contributed by atoms with Gasteiger partial charge in [-0.25, -0.2) is 0 Å². The van der Waals surface area contributed by atoms with Crippen molar-refractivity contribution in [2.75, 3.05) is 6.54 Å². The van der Waals surface area contributed by atoms with Crippen molar-refractivity contribution in [1.29, 1.82) is 0 Å². The van der Waals surface area contributed by atoms with Gasteiger partial charge in [0.05, 0.1) is 6.04 Å². The quantitative estimate of drug-likeness (QED) is 0.801. The first-order chi connectivity index (χ1) is 7.13. The van der Waals surface area contributed by atoms with E-state index in [1.165, 1.54) is 32.1 Å². The highest BCUT2D eigenvalue weighted by molar-refractivity contribution is 5.85. The Morgan fingerprint density at radius 3 is 2.25 bits per heavy atom. The fourth-order valence-electron chi connectivity index (χ4n) is 2.25. The van der Waals surface area contributed by atoms with Gasteiger partial charge in [0, 0.05) is 6.54 Å². The third kappa shape index (κ3) is 5.17. The molecule has 96 valence electrons. The summed E-state index contributed by atoms with van der Waals surface area (Å²) >= 11 is 0. The van der Waals surface area contributed by atoms with Gasteiger partial charge < -0.3 is 11.1 Å². The van der Waals surface area contributed by atoms with Crippen LogP contribution >= 0.6 is 12.4 Å². The minimum absolute atomic E-state index is 0. The molecule has 0 heterocycles. The molecule has 0 saturated heterocycles. The third-order valence-electron chi connectivity index (χ3n) is 3.52. The van der Waals surface area contributed by atoms with Crippen molar-refractivity contribution in [3.05, 3.63) is 0 Å². The van der Waals surface area contributed by atoms with E-state index in [4.69, 9.17) is 5.73 Å². The molecule has 1 saturated carbocycles. The molecule has 3 N–H and O–H groups in total. The van der Waals surface area contributed by atoms with Gasteiger partial charge in [0.1, 0.15) is 0 Å². The van der Waals surface area contributed by atoms with Gasteiger partial charge in [-0.1, -0.05) is 26.2 Å². The summed E-state index contributed by atoms with van der Waals surface area (Å²) in [5, 5.41) is 2.92. The van der Waals surface area contributed by atoms with E-state index in [-0.39, 0.29) is 24.4 Å². The summed E-state index contributed by atoms with van der Waals surface area (Å²) in [5.41, 5.74) is 5.48. The number of rotatable bonds is 4. The smallest absolute Gasteiger partial charge is 0.236 e. The van der Waals surface area contributed by atoms with Crippen molar-refractivity contribution in [1.82, 2.24) is 5.32 Å². The highest BCUT2D eigenvalue weighted by Gasteiger charge is 2.20. The summed E-state index contributed by atoms with van der Waals surface area (Å²) in [7, 11) is 0. The molecule has 0 aliphatic heterocycles. The number of hydrogen-bond acceptors (Lipinski definition) is 2. The van der Waals surface area contributed by atoms with Gasteiger partial charge >= 0.3 is 0 Å². The van der Waals surface area contributed by atoms with Gasteiger partial charge in [0.2, 0.25) is 5.91 Å². The van der Waals surface area contributed by atoms with Gasteiger partial charge in [0.25, 0.3) is 0 Å². The number of carbonyl (C=O) groups excluding carboxylic acids is 1. The zero-order valence-electron chi connectivity index (χ0n) is 10.4. The monoisotopic (exact) mass is 248 g/mol. The maximum Gasteiger partial charge on any atom is 0.236 e. The van der Waals surface area contributed by atoms with Crippen molar-refractivity contribution in [2.45, 2.75) is 52.0 Å². The summed E-state index contributed by atoms with van der Waals surface area (Å²) in [5.74, 6) is 1.58. The largest absolute Gasteiger partial charge is 0.354 e. The Hall–Kier alpha value is -0.280. The Balaban J connectivity index is 0.00000225. The SMILES string of the molecule is CCC1CCC(CNC(=O)[C@@H](C)N)CC1.Cl. The number of carbonyl (C=O) groups is 1. The standard InChI is InChI=1S/C12H24N2O.ClH/c1-3-10-4-6-11(7-5-10)8-14-12(15)9(2)13;/h9-11H,3-8,13H2,1-2H3,(H,14,15);1H/t9-,10?,11?;/m1./s1. The Labute approximate surface area is 105 Å². The summed E-state index contributed by atoms with van der Waals surface area (Å²) in [6, 6.07) is -0.378. The first-order valence-corrected chi connectivity index (χ1v) is 6.16. The molecular formula is C12H25ClN2O. The molecule has 4 heteroatoms. The van der Waals surface area contributed by atoms with Gasteiger partial charge in [-0.05, 0) is 31.6 Å². The molecule has 0 bridgehead atoms. The van der Waals surface area contributed by atoms with Crippen LogP contribution in [0.4, 0.5) is 0 Å². The molecule has 0 spiro atoms. The van der Waals surface area contributed by atoms with E-state index in [1.807, 2.05) is 0 Å². The Morgan fingerprint density at radius 1 is 1.31 bits per heavy atom. The van der Waals surface area contributed by atoms with Crippen molar-refractivity contribution in [2.24, 2.45) is 17.6 Å². The molecule has 1 rings (SSSR count). The maximum atomic E-state index is 11.3. The second kappa shape index (κ2) is 7.91. The molecule has 1 atom stereocenters. The minimum Gasteiger partial charge on any atom is -0.354 e. The zero-order chi connectivity index (χ0) is 11.3. The summed E-state index contributed by atoms with van der Waals surface area (Å²) in [6.45, 7) is 4.81. The van der Waals surface area contributed by atoms with Crippen LogP contribution < -0.4 is 11.1 Å². The summed E-state index contributed by atoms with van der Waals surface area (Å²) in [6.07, 6.45) is 6.48. The topological polar surface area (TPSA) is 55.1 Å². The fourth-order valence-corrected chi connectivity index (χ4v) is 2.25. The van der Waals surface area contributed by atoms with Crippen molar-refractivity contribution < 1.29 is 4.79 Å². The van der Waals surface area contributed by atoms with Gasteiger partial charge in [-0.2, -0.15) is 0 Å². The maximum absolute atomic E-state index is 11.3. The summed E-state index contributed by atoms with van der Waals surface area (Å²) in [4.78, 5) is 11.3. The lowest BCUT2D eigenvalue weighted by atomic mass is 9.81. The molecule has 1 aliphatic rings. The summed E-state index contributed by atoms with van der Waals surface area (Å²) < 4.78 is 0. The third-order valence-corrected chi connectivity index (χ3v) is 3.52. The van der Waals surface area contributed by atoms with Crippen LogP contribution in [0.25, 0.3) is 0 Å². The minimum atomic E-state index is -0.378. The van der Waals surface area contributed by atoms with E-state index in [0.29, 0.717) is 5.92 Å². The average molecular weight is 249 g/mol. The molecule has 0 unspecified atom stereocenters. The number of nitrogens with two attached hydrogens (primary N) is 1. The lowest BCUT2D eigenvalue weighted by molar-refractivity contribution is -0.122.